The second-order valence-corrected chi connectivity index (χ2v) is 5.37. The molecule has 0 amide bonds. The molecule has 112 valence electrons. The van der Waals surface area contributed by atoms with E-state index >= 15 is 0 Å². The Morgan fingerprint density at radius 1 is 1.14 bits per heavy atom. The zero-order valence-corrected chi connectivity index (χ0v) is 13.4. The van der Waals surface area contributed by atoms with E-state index in [2.05, 4.69) is 21.2 Å². The quantitative estimate of drug-likeness (QED) is 0.856. The van der Waals surface area contributed by atoms with Crippen molar-refractivity contribution >= 4 is 15.9 Å². The molecule has 2 rings (SSSR count). The lowest BCUT2D eigenvalue weighted by Crippen LogP contribution is -2.18. The van der Waals surface area contributed by atoms with Crippen LogP contribution in [0.3, 0.4) is 0 Å². The molecular formula is C16H16BrF2NO. The molecular weight excluding hydrogens is 340 g/mol. The lowest BCUT2D eigenvalue weighted by Gasteiger charge is -2.19. The van der Waals surface area contributed by atoms with E-state index in [1.54, 1.807) is 13.1 Å². The van der Waals surface area contributed by atoms with Crippen LogP contribution in [0.2, 0.25) is 0 Å². The normalized spacial score (nSPS) is 12.2. The molecule has 0 saturated carbocycles. The largest absolute Gasteiger partial charge is 0.494 e. The molecule has 5 heteroatoms. The second-order valence-electron chi connectivity index (χ2n) is 4.51. The summed E-state index contributed by atoms with van der Waals surface area (Å²) in [5, 5.41) is 3.11. The molecule has 2 aromatic carbocycles. The number of halogens is 3. The van der Waals surface area contributed by atoms with Gasteiger partial charge in [0.2, 0.25) is 0 Å². The Morgan fingerprint density at radius 2 is 1.90 bits per heavy atom. The Bertz CT molecular complexity index is 634. The maximum absolute atomic E-state index is 13.4. The van der Waals surface area contributed by atoms with Crippen LogP contribution in [0.25, 0.3) is 0 Å². The Labute approximate surface area is 131 Å². The van der Waals surface area contributed by atoms with E-state index in [4.69, 9.17) is 4.74 Å². The molecule has 0 heterocycles. The van der Waals surface area contributed by atoms with Crippen molar-refractivity contribution in [3.63, 3.8) is 0 Å². The van der Waals surface area contributed by atoms with Crippen LogP contribution >= 0.6 is 15.9 Å². The summed E-state index contributed by atoms with van der Waals surface area (Å²) in [7, 11) is 1.77. The van der Waals surface area contributed by atoms with Crippen LogP contribution in [-0.2, 0) is 0 Å². The zero-order chi connectivity index (χ0) is 15.4. The maximum Gasteiger partial charge on any atom is 0.159 e. The average molecular weight is 356 g/mol. The van der Waals surface area contributed by atoms with Crippen LogP contribution in [0.4, 0.5) is 8.78 Å². The summed E-state index contributed by atoms with van der Waals surface area (Å²) in [5.74, 6) is -0.942. The van der Waals surface area contributed by atoms with E-state index in [-0.39, 0.29) is 6.04 Å². The number of ether oxygens (including phenoxy) is 1. The fraction of sp³-hybridized carbons (Fsp3) is 0.250. The molecule has 1 N–H and O–H groups in total. The number of hydrogen-bond acceptors (Lipinski definition) is 2. The standard InChI is InChI=1S/C16H16BrF2NO/c1-3-21-11-5-6-12(13(17)9-11)16(20-2)10-4-7-14(18)15(19)8-10/h4-9,16,20H,3H2,1-2H3. The summed E-state index contributed by atoms with van der Waals surface area (Å²) in [5.41, 5.74) is 1.58. The molecule has 0 bridgehead atoms. The molecule has 1 atom stereocenters. The Balaban J connectivity index is 2.38. The van der Waals surface area contributed by atoms with Crippen LogP contribution < -0.4 is 10.1 Å². The van der Waals surface area contributed by atoms with Gasteiger partial charge in [0.15, 0.2) is 11.6 Å². The van der Waals surface area contributed by atoms with Gasteiger partial charge in [0.1, 0.15) is 5.75 Å². The van der Waals surface area contributed by atoms with E-state index < -0.39 is 11.6 Å². The highest BCUT2D eigenvalue weighted by Gasteiger charge is 2.17. The van der Waals surface area contributed by atoms with Crippen LogP contribution in [0.1, 0.15) is 24.1 Å². The van der Waals surface area contributed by atoms with Gasteiger partial charge in [-0.2, -0.15) is 0 Å². The molecule has 0 saturated heterocycles. The van der Waals surface area contributed by atoms with Gasteiger partial charge in [0.25, 0.3) is 0 Å². The van der Waals surface area contributed by atoms with Crippen molar-refractivity contribution in [3.05, 3.63) is 63.6 Å². The van der Waals surface area contributed by atoms with Crippen LogP contribution in [0.5, 0.6) is 5.75 Å². The maximum atomic E-state index is 13.4. The third-order valence-corrected chi connectivity index (χ3v) is 3.85. The van der Waals surface area contributed by atoms with Gasteiger partial charge in [-0.05, 0) is 49.4 Å². The minimum Gasteiger partial charge on any atom is -0.494 e. The van der Waals surface area contributed by atoms with E-state index in [1.807, 2.05) is 25.1 Å². The third kappa shape index (κ3) is 3.60. The lowest BCUT2D eigenvalue weighted by molar-refractivity contribution is 0.340. The summed E-state index contributed by atoms with van der Waals surface area (Å²) in [6.45, 7) is 2.50. The van der Waals surface area contributed by atoms with E-state index in [0.29, 0.717) is 12.2 Å². The first-order valence-electron chi connectivity index (χ1n) is 6.61. The molecule has 1 unspecified atom stereocenters. The van der Waals surface area contributed by atoms with E-state index in [9.17, 15) is 8.78 Å². The molecule has 0 radical (unpaired) electrons. The number of benzene rings is 2. The highest BCUT2D eigenvalue weighted by Crippen LogP contribution is 2.31. The third-order valence-electron chi connectivity index (χ3n) is 3.16. The van der Waals surface area contributed by atoms with Crippen LogP contribution in [0.15, 0.2) is 40.9 Å². The predicted octanol–water partition coefficient (Wildman–Crippen LogP) is 4.43. The van der Waals surface area contributed by atoms with Crippen molar-refractivity contribution in [2.24, 2.45) is 0 Å². The zero-order valence-electron chi connectivity index (χ0n) is 11.8. The summed E-state index contributed by atoms with van der Waals surface area (Å²) in [6.07, 6.45) is 0. The van der Waals surface area contributed by atoms with Crippen molar-refractivity contribution in [1.29, 1.82) is 0 Å². The van der Waals surface area contributed by atoms with Gasteiger partial charge in [-0.1, -0.05) is 28.1 Å². The molecule has 0 aromatic heterocycles. The Morgan fingerprint density at radius 3 is 2.48 bits per heavy atom. The van der Waals surface area contributed by atoms with E-state index in [1.165, 1.54) is 6.07 Å². The van der Waals surface area contributed by atoms with Crippen LogP contribution in [0, 0.1) is 11.6 Å². The van der Waals surface area contributed by atoms with Crippen LogP contribution in [-0.4, -0.2) is 13.7 Å². The second kappa shape index (κ2) is 7.00. The summed E-state index contributed by atoms with van der Waals surface area (Å²) in [6, 6.07) is 9.29. The molecule has 2 aromatic rings. The van der Waals surface area contributed by atoms with Gasteiger partial charge < -0.3 is 10.1 Å². The smallest absolute Gasteiger partial charge is 0.159 e. The minimum absolute atomic E-state index is 0.245. The minimum atomic E-state index is -0.852. The average Bonchev–Trinajstić information content (AvgIpc) is 2.46. The summed E-state index contributed by atoms with van der Waals surface area (Å²) >= 11 is 3.50. The first-order chi connectivity index (χ1) is 10.1. The Kier molecular flexibility index (Phi) is 5.31. The topological polar surface area (TPSA) is 21.3 Å². The van der Waals surface area contributed by atoms with Gasteiger partial charge in [-0.25, -0.2) is 8.78 Å². The lowest BCUT2D eigenvalue weighted by atomic mass is 9.98. The monoisotopic (exact) mass is 355 g/mol. The molecule has 0 fully saturated rings. The summed E-state index contributed by atoms with van der Waals surface area (Å²) in [4.78, 5) is 0. The first kappa shape index (κ1) is 15.9. The fourth-order valence-corrected chi connectivity index (χ4v) is 2.78. The fourth-order valence-electron chi connectivity index (χ4n) is 2.19. The molecule has 0 spiro atoms. The van der Waals surface area contributed by atoms with Gasteiger partial charge >= 0.3 is 0 Å². The molecule has 0 aliphatic carbocycles. The highest BCUT2D eigenvalue weighted by atomic mass is 79.9. The van der Waals surface area contributed by atoms with Gasteiger partial charge in [-0.3, -0.25) is 0 Å². The molecule has 0 aliphatic heterocycles. The van der Waals surface area contributed by atoms with Crippen molar-refractivity contribution in [3.8, 4) is 5.75 Å². The van der Waals surface area contributed by atoms with Crippen molar-refractivity contribution in [2.75, 3.05) is 13.7 Å². The highest BCUT2D eigenvalue weighted by molar-refractivity contribution is 9.10. The van der Waals surface area contributed by atoms with E-state index in [0.717, 1.165) is 21.9 Å². The predicted molar refractivity (Wildman–Crippen MR) is 82.6 cm³/mol. The van der Waals surface area contributed by atoms with Gasteiger partial charge in [0.05, 0.1) is 12.6 Å². The number of rotatable bonds is 5. The van der Waals surface area contributed by atoms with Crippen molar-refractivity contribution < 1.29 is 13.5 Å². The number of hydrogen-bond donors (Lipinski definition) is 1. The SMILES string of the molecule is CCOc1ccc(C(NC)c2ccc(F)c(F)c2)c(Br)c1. The number of nitrogens with one attached hydrogen (secondary N) is 1. The van der Waals surface area contributed by atoms with Gasteiger partial charge in [-0.15, -0.1) is 0 Å². The molecule has 2 nitrogen and oxygen atoms in total. The van der Waals surface area contributed by atoms with Gasteiger partial charge in [0, 0.05) is 4.47 Å². The Hall–Kier alpha value is -1.46. The molecule has 0 aliphatic rings. The summed E-state index contributed by atoms with van der Waals surface area (Å²) < 4.78 is 32.8. The van der Waals surface area contributed by atoms with Crippen molar-refractivity contribution in [1.82, 2.24) is 5.32 Å². The molecule has 21 heavy (non-hydrogen) atoms. The van der Waals surface area contributed by atoms with Crippen molar-refractivity contribution in [2.45, 2.75) is 13.0 Å². The first-order valence-corrected chi connectivity index (χ1v) is 7.40.